The molecular weight excluding hydrogens is 800 g/mol. The predicted molar refractivity (Wildman–Crippen MR) is 192 cm³/mol. The van der Waals surface area contributed by atoms with Gasteiger partial charge in [-0.05, 0) is 52.2 Å². The van der Waals surface area contributed by atoms with E-state index in [1.807, 2.05) is 4.72 Å². The van der Waals surface area contributed by atoms with Gasteiger partial charge in [-0.3, -0.25) is 18.9 Å². The van der Waals surface area contributed by atoms with E-state index in [0.717, 1.165) is 12.1 Å². The van der Waals surface area contributed by atoms with Crippen molar-refractivity contribution in [2.24, 2.45) is 0 Å². The molecule has 1 saturated heterocycles. The molecule has 7 rings (SSSR count). The van der Waals surface area contributed by atoms with Gasteiger partial charge in [-0.25, -0.2) is 17.5 Å². The van der Waals surface area contributed by atoms with Gasteiger partial charge in [0, 0.05) is 34.0 Å². The molecule has 1 aliphatic rings. The number of carbonyl (C=O) groups is 2. The predicted octanol–water partition coefficient (Wildman–Crippen LogP) is 6.67. The molecule has 2 unspecified atom stereocenters. The first-order chi connectivity index (χ1) is 25.0. The van der Waals surface area contributed by atoms with Gasteiger partial charge in [0.1, 0.15) is 22.1 Å². The highest BCUT2D eigenvalue weighted by atomic mass is 79.9. The summed E-state index contributed by atoms with van der Waals surface area (Å²) < 4.78 is 85.8. The van der Waals surface area contributed by atoms with Crippen LogP contribution in [-0.4, -0.2) is 44.9 Å². The third-order valence-electron chi connectivity index (χ3n) is 9.30. The number of nitrogens with zero attached hydrogens (tertiary/aromatic N) is 3. The van der Waals surface area contributed by atoms with Gasteiger partial charge in [-0.15, -0.1) is 5.10 Å². The van der Waals surface area contributed by atoms with E-state index in [-0.39, 0.29) is 39.4 Å². The van der Waals surface area contributed by atoms with Crippen molar-refractivity contribution in [2.75, 3.05) is 0 Å². The zero-order chi connectivity index (χ0) is 37.9. The summed E-state index contributed by atoms with van der Waals surface area (Å²) in [6, 6.07) is 26.0. The molecular formula is C36H27BrF3N4O7PS. The Morgan fingerprint density at radius 1 is 0.925 bits per heavy atom. The molecule has 0 bridgehead atoms. The normalized spacial score (nSPS) is 17.2. The van der Waals surface area contributed by atoms with Crippen LogP contribution in [0.4, 0.5) is 13.2 Å². The van der Waals surface area contributed by atoms with Crippen molar-refractivity contribution < 1.29 is 45.5 Å². The van der Waals surface area contributed by atoms with Crippen LogP contribution in [0.3, 0.4) is 0 Å². The summed E-state index contributed by atoms with van der Waals surface area (Å²) in [4.78, 5) is 45.8. The van der Waals surface area contributed by atoms with Crippen molar-refractivity contribution in [3.8, 4) is 0 Å². The summed E-state index contributed by atoms with van der Waals surface area (Å²) in [5.41, 5.74) is -5.54. The van der Waals surface area contributed by atoms with Crippen LogP contribution >= 0.6 is 23.5 Å². The molecule has 17 heteroatoms. The molecule has 0 spiro atoms. The molecule has 1 aromatic heterocycles. The summed E-state index contributed by atoms with van der Waals surface area (Å²) in [7, 11) is -10.1. The summed E-state index contributed by atoms with van der Waals surface area (Å²) in [6.07, 6.45) is -0.844. The Kier molecular flexibility index (Phi) is 9.18. The van der Waals surface area contributed by atoms with Crippen molar-refractivity contribution >= 4 is 67.0 Å². The average molecular weight is 828 g/mol. The molecule has 2 heterocycles. The summed E-state index contributed by atoms with van der Waals surface area (Å²) in [5, 5.41) is 7.90. The number of nitrogens with one attached hydrogen (secondary N) is 1. The first-order valence-corrected chi connectivity index (χ1v) is 19.8. The average Bonchev–Trinajstić information content (AvgIpc) is 3.66. The van der Waals surface area contributed by atoms with Crippen LogP contribution in [0.25, 0.3) is 21.8 Å². The number of rotatable bonds is 10. The largest absolute Gasteiger partial charge is 0.399 e. The molecule has 6 aromatic rings. The molecule has 0 aliphatic carbocycles. The van der Waals surface area contributed by atoms with Crippen LogP contribution in [0.2, 0.25) is 0 Å². The molecule has 11 nitrogen and oxygen atoms in total. The number of Topliss-reactive ketones (excluding diaryl/α,β-unsaturated/α-hetero) is 1. The minimum absolute atomic E-state index is 0.164. The highest BCUT2D eigenvalue weighted by Gasteiger charge is 2.51. The van der Waals surface area contributed by atoms with E-state index in [0.29, 0.717) is 22.0 Å². The van der Waals surface area contributed by atoms with Gasteiger partial charge in [0.05, 0.1) is 11.9 Å². The van der Waals surface area contributed by atoms with Crippen molar-refractivity contribution in [1.82, 2.24) is 19.7 Å². The lowest BCUT2D eigenvalue weighted by Gasteiger charge is -2.34. The smallest absolute Gasteiger partial charge is 0.320 e. The second-order valence-electron chi connectivity index (χ2n) is 12.8. The highest BCUT2D eigenvalue weighted by molar-refractivity contribution is 9.10. The minimum atomic E-state index is -5.92. The Bertz CT molecular complexity index is 2620. The third kappa shape index (κ3) is 6.59. The molecule has 0 saturated carbocycles. The fourth-order valence-corrected chi connectivity index (χ4v) is 9.47. The van der Waals surface area contributed by atoms with E-state index in [2.05, 4.69) is 26.2 Å². The lowest BCUT2D eigenvalue weighted by atomic mass is 9.78. The number of alkyl halides is 2. The number of halogens is 4. The Morgan fingerprint density at radius 3 is 2.25 bits per heavy atom. The number of aromatic nitrogens is 3. The first-order valence-electron chi connectivity index (χ1n) is 15.9. The summed E-state index contributed by atoms with van der Waals surface area (Å²) in [6.45, 7) is 0. The quantitative estimate of drug-likeness (QED) is 0.101. The van der Waals surface area contributed by atoms with E-state index in [9.17, 15) is 36.3 Å². The van der Waals surface area contributed by atoms with E-state index in [1.54, 1.807) is 66.7 Å². The number of fused-ring (bicyclic) bond motifs is 2. The topological polar surface area (TPSA) is 169 Å². The summed E-state index contributed by atoms with van der Waals surface area (Å²) >= 11 is 3.01. The lowest BCUT2D eigenvalue weighted by Crippen LogP contribution is -2.47. The van der Waals surface area contributed by atoms with Gasteiger partial charge >= 0.3 is 13.3 Å². The molecule has 1 aliphatic heterocycles. The van der Waals surface area contributed by atoms with Gasteiger partial charge < -0.3 is 9.79 Å². The molecule has 1 fully saturated rings. The summed E-state index contributed by atoms with van der Waals surface area (Å²) in [5.74, 6) is -2.13. The second kappa shape index (κ2) is 13.3. The van der Waals surface area contributed by atoms with Crippen LogP contribution in [0.1, 0.15) is 44.3 Å². The van der Waals surface area contributed by atoms with Crippen LogP contribution in [0.5, 0.6) is 0 Å². The molecule has 5 aromatic carbocycles. The number of sulfonamides is 1. The molecule has 272 valence electrons. The third-order valence-corrected chi connectivity index (χ3v) is 12.6. The Morgan fingerprint density at radius 2 is 1.58 bits per heavy atom. The SMILES string of the molecule is O=C1CC(c2ccc(CC(Cc3ccc4cc(Br)c(C(F)(F)P(=O)(O)O)cc4c3)(C(=O)c3ccccc3)n3nnc4ccccc43)cc2F)S(=O)(=O)N1. The number of hydrogen-bond acceptors (Lipinski definition) is 7. The zero-order valence-electron chi connectivity index (χ0n) is 27.2. The zero-order valence-corrected chi connectivity index (χ0v) is 30.5. The van der Waals surface area contributed by atoms with Gasteiger partial charge in [-0.2, -0.15) is 8.78 Å². The number of carbonyl (C=O) groups excluding carboxylic acids is 2. The van der Waals surface area contributed by atoms with E-state index >= 15 is 9.18 Å². The van der Waals surface area contributed by atoms with Crippen molar-refractivity contribution in [3.05, 3.63) is 141 Å². The van der Waals surface area contributed by atoms with Gasteiger partial charge in [0.25, 0.3) is 0 Å². The van der Waals surface area contributed by atoms with Gasteiger partial charge in [0.2, 0.25) is 15.9 Å². The van der Waals surface area contributed by atoms with E-state index in [4.69, 9.17) is 0 Å². The monoisotopic (exact) mass is 826 g/mol. The minimum Gasteiger partial charge on any atom is -0.320 e. The van der Waals surface area contributed by atoms with Crippen LogP contribution < -0.4 is 4.72 Å². The maximum Gasteiger partial charge on any atom is 0.399 e. The van der Waals surface area contributed by atoms with Crippen molar-refractivity contribution in [1.29, 1.82) is 0 Å². The van der Waals surface area contributed by atoms with E-state index < -0.39 is 63.6 Å². The molecule has 1 amide bonds. The van der Waals surface area contributed by atoms with E-state index in [1.165, 1.54) is 28.9 Å². The Balaban J connectivity index is 1.42. The molecule has 3 N–H and O–H groups in total. The van der Waals surface area contributed by atoms with Gasteiger partial charge in [-0.1, -0.05) is 93.9 Å². The maximum atomic E-state index is 15.9. The fourth-order valence-electron chi connectivity index (χ4n) is 6.77. The maximum absolute atomic E-state index is 15.9. The number of hydrogen-bond donors (Lipinski definition) is 3. The van der Waals surface area contributed by atoms with Gasteiger partial charge in [0.15, 0.2) is 5.78 Å². The molecule has 0 radical (unpaired) electrons. The number of ketones is 1. The van der Waals surface area contributed by atoms with Crippen molar-refractivity contribution in [3.63, 3.8) is 0 Å². The second-order valence-corrected chi connectivity index (χ2v) is 17.2. The highest BCUT2D eigenvalue weighted by Crippen LogP contribution is 2.60. The number of benzene rings is 5. The van der Waals surface area contributed by atoms with Crippen molar-refractivity contribution in [2.45, 2.75) is 35.7 Å². The number of para-hydroxylation sites is 1. The molecule has 53 heavy (non-hydrogen) atoms. The lowest BCUT2D eigenvalue weighted by molar-refractivity contribution is -0.118. The first kappa shape index (κ1) is 36.6. The fraction of sp³-hybridized carbons (Fsp3) is 0.167. The van der Waals surface area contributed by atoms with Crippen LogP contribution in [0.15, 0.2) is 108 Å². The Hall–Kier alpha value is -4.73. The van der Waals surface area contributed by atoms with Crippen LogP contribution in [-0.2, 0) is 43.4 Å². The Labute approximate surface area is 308 Å². The number of amides is 1. The molecule has 2 atom stereocenters. The van der Waals surface area contributed by atoms with Crippen LogP contribution in [0, 0.1) is 5.82 Å². The standard InChI is InChI=1S/C36H27BrF3N4O7PS/c37-28-17-24-12-10-21(14-25(24)16-27(28)36(39,40)52(47,48)49)19-35(34(46)23-6-2-1-3-7-23,44-31-9-5-4-8-30(31)41-43-44)20-22-11-13-26(29(38)15-22)32-18-33(45)42-53(32,50)51/h1-17,32H,18-20H2,(H,42,45)(H2,47,48,49).